The van der Waals surface area contributed by atoms with E-state index in [1.54, 1.807) is 12.1 Å². The number of rotatable bonds is 4. The number of anilines is 1. The van der Waals surface area contributed by atoms with Crippen molar-refractivity contribution in [3.63, 3.8) is 0 Å². The molecule has 2 saturated carbocycles. The quantitative estimate of drug-likeness (QED) is 0.866. The molecule has 5 heteroatoms. The molecule has 20 heavy (non-hydrogen) atoms. The largest absolute Gasteiger partial charge is 0.497 e. The zero-order valence-electron chi connectivity index (χ0n) is 11.7. The van der Waals surface area contributed by atoms with Crippen LogP contribution in [0.2, 0.25) is 0 Å². The van der Waals surface area contributed by atoms with Gasteiger partial charge in [0, 0.05) is 6.07 Å². The highest BCUT2D eigenvalue weighted by Gasteiger charge is 2.41. The molecule has 3 atom stereocenters. The van der Waals surface area contributed by atoms with Gasteiger partial charge < -0.3 is 10.5 Å². The van der Waals surface area contributed by atoms with E-state index in [-0.39, 0.29) is 10.6 Å². The molecule has 1 aromatic rings. The van der Waals surface area contributed by atoms with E-state index in [4.69, 9.17) is 10.5 Å². The van der Waals surface area contributed by atoms with Gasteiger partial charge in [-0.1, -0.05) is 6.42 Å². The van der Waals surface area contributed by atoms with Crippen molar-refractivity contribution in [2.45, 2.75) is 30.6 Å². The van der Waals surface area contributed by atoms with Gasteiger partial charge in [0.25, 0.3) is 0 Å². The first-order valence-electron chi connectivity index (χ1n) is 7.16. The van der Waals surface area contributed by atoms with Crippen LogP contribution >= 0.6 is 0 Å². The van der Waals surface area contributed by atoms with E-state index in [1.807, 2.05) is 0 Å². The monoisotopic (exact) mass is 295 g/mol. The number of sulfone groups is 1. The van der Waals surface area contributed by atoms with Crippen LogP contribution in [0, 0.1) is 17.8 Å². The number of fused-ring (bicyclic) bond motifs is 2. The van der Waals surface area contributed by atoms with E-state index in [2.05, 4.69) is 0 Å². The van der Waals surface area contributed by atoms with Crippen LogP contribution in [0.5, 0.6) is 5.75 Å². The van der Waals surface area contributed by atoms with Crippen LogP contribution in [0.4, 0.5) is 5.69 Å². The highest BCUT2D eigenvalue weighted by molar-refractivity contribution is 7.91. The van der Waals surface area contributed by atoms with Crippen LogP contribution in [0.1, 0.15) is 25.7 Å². The molecule has 0 spiro atoms. The smallest absolute Gasteiger partial charge is 0.180 e. The van der Waals surface area contributed by atoms with Crippen molar-refractivity contribution in [2.24, 2.45) is 17.8 Å². The van der Waals surface area contributed by atoms with Gasteiger partial charge in [-0.2, -0.15) is 0 Å². The summed E-state index contributed by atoms with van der Waals surface area (Å²) >= 11 is 0. The van der Waals surface area contributed by atoms with E-state index in [0.29, 0.717) is 23.3 Å². The van der Waals surface area contributed by atoms with Gasteiger partial charge in [0.05, 0.1) is 23.4 Å². The molecule has 2 N–H and O–H groups in total. The summed E-state index contributed by atoms with van der Waals surface area (Å²) in [6.07, 6.45) is 4.75. The summed E-state index contributed by atoms with van der Waals surface area (Å²) in [5, 5.41) is 0. The molecule has 3 unspecified atom stereocenters. The molecule has 0 amide bonds. The summed E-state index contributed by atoms with van der Waals surface area (Å²) in [4.78, 5) is 0.222. The number of ether oxygens (including phenoxy) is 1. The summed E-state index contributed by atoms with van der Waals surface area (Å²) in [5.41, 5.74) is 6.16. The number of nitrogen functional groups attached to an aromatic ring is 1. The van der Waals surface area contributed by atoms with Crippen molar-refractivity contribution in [1.29, 1.82) is 0 Å². The van der Waals surface area contributed by atoms with Gasteiger partial charge in [0.1, 0.15) is 5.75 Å². The number of methoxy groups -OCH3 is 1. The van der Waals surface area contributed by atoms with Crippen LogP contribution in [-0.4, -0.2) is 21.3 Å². The molecule has 2 bridgehead atoms. The third kappa shape index (κ3) is 2.39. The Kier molecular flexibility index (Phi) is 3.40. The molecule has 3 rings (SSSR count). The Hall–Kier alpha value is -1.23. The zero-order valence-corrected chi connectivity index (χ0v) is 12.5. The molecule has 2 aliphatic rings. The molecule has 4 nitrogen and oxygen atoms in total. The zero-order chi connectivity index (χ0) is 14.3. The van der Waals surface area contributed by atoms with Crippen LogP contribution < -0.4 is 10.5 Å². The fraction of sp³-hybridized carbons (Fsp3) is 0.600. The Bertz CT molecular complexity index is 612. The minimum atomic E-state index is -3.33. The Morgan fingerprint density at radius 2 is 2.10 bits per heavy atom. The highest BCUT2D eigenvalue weighted by Crippen LogP contribution is 2.49. The summed E-state index contributed by atoms with van der Waals surface area (Å²) in [6, 6.07) is 4.83. The van der Waals surface area contributed by atoms with E-state index in [1.165, 1.54) is 32.4 Å². The van der Waals surface area contributed by atoms with E-state index in [9.17, 15) is 8.42 Å². The van der Waals surface area contributed by atoms with Crippen LogP contribution in [0.3, 0.4) is 0 Å². The molecule has 2 fully saturated rings. The lowest BCUT2D eigenvalue weighted by Crippen LogP contribution is -2.22. The molecule has 0 aliphatic heterocycles. The molecule has 0 radical (unpaired) electrons. The number of benzene rings is 1. The third-order valence-corrected chi connectivity index (χ3v) is 6.76. The van der Waals surface area contributed by atoms with Gasteiger partial charge in [-0.3, -0.25) is 0 Å². The number of nitrogens with two attached hydrogens (primary N) is 1. The SMILES string of the molecule is COc1ccc(N)c(S(=O)(=O)CC2CC3CCC2C3)c1. The van der Waals surface area contributed by atoms with Gasteiger partial charge in [-0.25, -0.2) is 8.42 Å². The van der Waals surface area contributed by atoms with Crippen molar-refractivity contribution < 1.29 is 13.2 Å². The van der Waals surface area contributed by atoms with Crippen molar-refractivity contribution >= 4 is 15.5 Å². The second-order valence-electron chi connectivity index (χ2n) is 6.12. The van der Waals surface area contributed by atoms with Gasteiger partial charge in [0.2, 0.25) is 0 Å². The normalized spacial score (nSPS) is 28.8. The second-order valence-corrected chi connectivity index (χ2v) is 8.12. The van der Waals surface area contributed by atoms with Crippen LogP contribution in [0.25, 0.3) is 0 Å². The minimum Gasteiger partial charge on any atom is -0.497 e. The molecule has 0 saturated heterocycles. The summed E-state index contributed by atoms with van der Waals surface area (Å²) in [6.45, 7) is 0. The molecule has 0 aromatic heterocycles. The average molecular weight is 295 g/mol. The molecular formula is C15H21NO3S. The van der Waals surface area contributed by atoms with Gasteiger partial charge >= 0.3 is 0 Å². The first kappa shape index (κ1) is 13.7. The Morgan fingerprint density at radius 1 is 1.30 bits per heavy atom. The number of hydrogen-bond acceptors (Lipinski definition) is 4. The lowest BCUT2D eigenvalue weighted by Gasteiger charge is -2.21. The minimum absolute atomic E-state index is 0.222. The predicted molar refractivity (Wildman–Crippen MR) is 78.4 cm³/mol. The summed E-state index contributed by atoms with van der Waals surface area (Å²) in [7, 11) is -1.81. The number of hydrogen-bond donors (Lipinski definition) is 1. The maximum atomic E-state index is 12.6. The standard InChI is InChI=1S/C15H21NO3S/c1-19-13-4-5-14(16)15(8-13)20(17,18)9-12-7-10-2-3-11(12)6-10/h4-5,8,10-12H,2-3,6-7,9,16H2,1H3. The fourth-order valence-corrected chi connectivity index (χ4v) is 5.74. The van der Waals surface area contributed by atoms with Crippen molar-refractivity contribution in [3.05, 3.63) is 18.2 Å². The maximum Gasteiger partial charge on any atom is 0.180 e. The van der Waals surface area contributed by atoms with E-state index >= 15 is 0 Å². The van der Waals surface area contributed by atoms with Gasteiger partial charge in [0.15, 0.2) is 9.84 Å². The van der Waals surface area contributed by atoms with Crippen LogP contribution in [-0.2, 0) is 9.84 Å². The first-order chi connectivity index (χ1) is 9.49. The molecule has 2 aliphatic carbocycles. The Balaban J connectivity index is 1.84. The third-order valence-electron chi connectivity index (χ3n) is 4.87. The lowest BCUT2D eigenvalue weighted by atomic mass is 9.90. The van der Waals surface area contributed by atoms with Crippen molar-refractivity contribution in [3.8, 4) is 5.75 Å². The molecule has 0 heterocycles. The Labute approximate surface area is 120 Å². The fourth-order valence-electron chi connectivity index (χ4n) is 3.86. The second kappa shape index (κ2) is 4.95. The van der Waals surface area contributed by atoms with Crippen molar-refractivity contribution in [1.82, 2.24) is 0 Å². The van der Waals surface area contributed by atoms with E-state index < -0.39 is 9.84 Å². The van der Waals surface area contributed by atoms with Crippen molar-refractivity contribution in [2.75, 3.05) is 18.6 Å². The highest BCUT2D eigenvalue weighted by atomic mass is 32.2. The molecular weight excluding hydrogens is 274 g/mol. The average Bonchev–Trinajstić information content (AvgIpc) is 3.01. The van der Waals surface area contributed by atoms with Gasteiger partial charge in [-0.15, -0.1) is 0 Å². The topological polar surface area (TPSA) is 69.4 Å². The van der Waals surface area contributed by atoms with E-state index in [0.717, 1.165) is 12.3 Å². The molecule has 1 aromatic carbocycles. The first-order valence-corrected chi connectivity index (χ1v) is 8.81. The maximum absolute atomic E-state index is 12.6. The summed E-state index contributed by atoms with van der Waals surface area (Å²) in [5.74, 6) is 2.42. The molecule has 110 valence electrons. The van der Waals surface area contributed by atoms with Crippen LogP contribution in [0.15, 0.2) is 23.1 Å². The predicted octanol–water partition coefficient (Wildman–Crippen LogP) is 2.49. The lowest BCUT2D eigenvalue weighted by molar-refractivity contribution is 0.360. The Morgan fingerprint density at radius 3 is 2.70 bits per heavy atom. The van der Waals surface area contributed by atoms with Gasteiger partial charge in [-0.05, 0) is 49.1 Å². The summed E-state index contributed by atoms with van der Waals surface area (Å²) < 4.78 is 30.3.